The molecule has 1 heterocycles. The topological polar surface area (TPSA) is 68.2 Å². The van der Waals surface area contributed by atoms with Gasteiger partial charge in [-0.05, 0) is 13.3 Å². The Hall–Kier alpha value is -0.200. The van der Waals surface area contributed by atoms with Crippen LogP contribution in [0.15, 0.2) is 0 Å². The first-order valence-electron chi connectivity index (χ1n) is 6.24. The maximum absolute atomic E-state index is 10.2. The molecule has 5 atom stereocenters. The predicted octanol–water partition coefficient (Wildman–Crippen LogP) is 0.327. The number of hydrogen-bond acceptors (Lipinski definition) is 5. The van der Waals surface area contributed by atoms with E-state index in [9.17, 15) is 10.2 Å². The highest BCUT2D eigenvalue weighted by molar-refractivity contribution is 4.92. The average Bonchev–Trinajstić information content (AvgIpc) is 2.32. The largest absolute Gasteiger partial charge is 0.394 e. The lowest BCUT2D eigenvalue weighted by Crippen LogP contribution is -2.59. The molecule has 1 rings (SSSR count). The molecule has 0 aromatic heterocycles. The fourth-order valence-electron chi connectivity index (χ4n) is 2.15. The lowest BCUT2D eigenvalue weighted by Gasteiger charge is -2.42. The van der Waals surface area contributed by atoms with Crippen LogP contribution in [0.2, 0.25) is 0 Å². The first-order valence-corrected chi connectivity index (χ1v) is 6.24. The van der Waals surface area contributed by atoms with Gasteiger partial charge in [-0.2, -0.15) is 0 Å². The van der Waals surface area contributed by atoms with Crippen LogP contribution in [0.5, 0.6) is 0 Å². The number of aliphatic hydroxyl groups is 2. The van der Waals surface area contributed by atoms with Gasteiger partial charge in [-0.1, -0.05) is 13.3 Å². The number of aliphatic hydroxyl groups excluding tert-OH is 2. The molecule has 0 aliphatic carbocycles. The Morgan fingerprint density at radius 3 is 2.53 bits per heavy atom. The van der Waals surface area contributed by atoms with Crippen molar-refractivity contribution < 1.29 is 24.4 Å². The van der Waals surface area contributed by atoms with Crippen LogP contribution >= 0.6 is 0 Å². The van der Waals surface area contributed by atoms with E-state index >= 15 is 0 Å². The van der Waals surface area contributed by atoms with Crippen LogP contribution in [-0.4, -0.2) is 61.1 Å². The van der Waals surface area contributed by atoms with Gasteiger partial charge in [0.1, 0.15) is 24.4 Å². The second kappa shape index (κ2) is 7.28. The van der Waals surface area contributed by atoms with E-state index in [-0.39, 0.29) is 12.7 Å². The summed E-state index contributed by atoms with van der Waals surface area (Å²) in [6, 6.07) is 0. The summed E-state index contributed by atoms with van der Waals surface area (Å²) < 4.78 is 16.4. The van der Waals surface area contributed by atoms with Gasteiger partial charge in [0.2, 0.25) is 0 Å². The van der Waals surface area contributed by atoms with Gasteiger partial charge in [0.25, 0.3) is 0 Å². The summed E-state index contributed by atoms with van der Waals surface area (Å²) >= 11 is 0. The van der Waals surface area contributed by atoms with Gasteiger partial charge in [0.15, 0.2) is 0 Å². The van der Waals surface area contributed by atoms with Gasteiger partial charge >= 0.3 is 0 Å². The summed E-state index contributed by atoms with van der Waals surface area (Å²) in [5, 5.41) is 19.3. The summed E-state index contributed by atoms with van der Waals surface area (Å²) in [5.74, 6) is 0. The zero-order valence-corrected chi connectivity index (χ0v) is 10.8. The Morgan fingerprint density at radius 2 is 2.00 bits per heavy atom. The lowest BCUT2D eigenvalue weighted by atomic mass is 9.95. The van der Waals surface area contributed by atoms with E-state index in [4.69, 9.17) is 14.2 Å². The molecule has 102 valence electrons. The SMILES string of the molecule is CCCCOC1[C@@H](O)[C@H](OC)C(CO)O[C@@H]1C. The minimum atomic E-state index is -0.766. The molecule has 0 radical (unpaired) electrons. The van der Waals surface area contributed by atoms with Crippen LogP contribution < -0.4 is 0 Å². The van der Waals surface area contributed by atoms with E-state index in [1.807, 2.05) is 6.92 Å². The molecule has 0 bridgehead atoms. The van der Waals surface area contributed by atoms with Crippen molar-refractivity contribution in [2.75, 3.05) is 20.3 Å². The van der Waals surface area contributed by atoms with Crippen molar-refractivity contribution in [3.05, 3.63) is 0 Å². The maximum Gasteiger partial charge on any atom is 0.114 e. The summed E-state index contributed by atoms with van der Waals surface area (Å²) in [4.78, 5) is 0. The zero-order chi connectivity index (χ0) is 12.8. The summed E-state index contributed by atoms with van der Waals surface area (Å²) in [5.41, 5.74) is 0. The van der Waals surface area contributed by atoms with Gasteiger partial charge in [0, 0.05) is 13.7 Å². The third-order valence-corrected chi connectivity index (χ3v) is 3.15. The third-order valence-electron chi connectivity index (χ3n) is 3.15. The molecule has 2 N–H and O–H groups in total. The predicted molar refractivity (Wildman–Crippen MR) is 62.9 cm³/mol. The first-order chi connectivity index (χ1) is 8.15. The number of ether oxygens (including phenoxy) is 3. The van der Waals surface area contributed by atoms with E-state index < -0.39 is 24.4 Å². The van der Waals surface area contributed by atoms with Gasteiger partial charge < -0.3 is 24.4 Å². The summed E-state index contributed by atoms with van der Waals surface area (Å²) in [7, 11) is 1.50. The van der Waals surface area contributed by atoms with Gasteiger partial charge in [-0.15, -0.1) is 0 Å². The highest BCUT2D eigenvalue weighted by Gasteiger charge is 2.43. The van der Waals surface area contributed by atoms with Crippen molar-refractivity contribution >= 4 is 0 Å². The molecule has 5 nitrogen and oxygen atoms in total. The van der Waals surface area contributed by atoms with Gasteiger partial charge in [-0.25, -0.2) is 0 Å². The van der Waals surface area contributed by atoms with Crippen molar-refractivity contribution in [2.45, 2.75) is 57.2 Å². The molecule has 2 unspecified atom stereocenters. The molecule has 1 aliphatic heterocycles. The molecule has 1 fully saturated rings. The number of methoxy groups -OCH3 is 1. The second-order valence-electron chi connectivity index (χ2n) is 4.44. The van der Waals surface area contributed by atoms with Crippen LogP contribution in [0.3, 0.4) is 0 Å². The molecular weight excluding hydrogens is 224 g/mol. The van der Waals surface area contributed by atoms with Crippen LogP contribution in [-0.2, 0) is 14.2 Å². The Morgan fingerprint density at radius 1 is 1.29 bits per heavy atom. The van der Waals surface area contributed by atoms with Crippen LogP contribution in [0.4, 0.5) is 0 Å². The molecule has 5 heteroatoms. The fourth-order valence-corrected chi connectivity index (χ4v) is 2.15. The van der Waals surface area contributed by atoms with E-state index in [1.165, 1.54) is 7.11 Å². The first kappa shape index (κ1) is 14.9. The molecule has 0 aromatic carbocycles. The van der Waals surface area contributed by atoms with Crippen molar-refractivity contribution in [1.82, 2.24) is 0 Å². The summed E-state index contributed by atoms with van der Waals surface area (Å²) in [6.07, 6.45) is -0.432. The minimum absolute atomic E-state index is 0.165. The Labute approximate surface area is 103 Å². The van der Waals surface area contributed by atoms with Gasteiger partial charge in [0.05, 0.1) is 12.7 Å². The molecular formula is C12H24O5. The second-order valence-corrected chi connectivity index (χ2v) is 4.44. The quantitative estimate of drug-likeness (QED) is 0.663. The van der Waals surface area contributed by atoms with Gasteiger partial charge in [-0.3, -0.25) is 0 Å². The molecule has 0 aromatic rings. The molecule has 17 heavy (non-hydrogen) atoms. The average molecular weight is 248 g/mol. The zero-order valence-electron chi connectivity index (χ0n) is 10.8. The van der Waals surface area contributed by atoms with E-state index in [1.54, 1.807) is 0 Å². The maximum atomic E-state index is 10.2. The molecule has 0 saturated carbocycles. The minimum Gasteiger partial charge on any atom is -0.394 e. The smallest absolute Gasteiger partial charge is 0.114 e. The fraction of sp³-hybridized carbons (Fsp3) is 1.00. The molecule has 0 amide bonds. The lowest BCUT2D eigenvalue weighted by molar-refractivity contribution is -0.243. The van der Waals surface area contributed by atoms with E-state index in [2.05, 4.69) is 6.92 Å². The Kier molecular flexibility index (Phi) is 6.37. The van der Waals surface area contributed by atoms with Crippen LogP contribution in [0, 0.1) is 0 Å². The van der Waals surface area contributed by atoms with Crippen molar-refractivity contribution in [3.8, 4) is 0 Å². The van der Waals surface area contributed by atoms with E-state index in [0.29, 0.717) is 6.61 Å². The van der Waals surface area contributed by atoms with Crippen LogP contribution in [0.1, 0.15) is 26.7 Å². The highest BCUT2D eigenvalue weighted by Crippen LogP contribution is 2.25. The van der Waals surface area contributed by atoms with Crippen molar-refractivity contribution in [3.63, 3.8) is 0 Å². The van der Waals surface area contributed by atoms with E-state index in [0.717, 1.165) is 12.8 Å². The summed E-state index contributed by atoms with van der Waals surface area (Å²) in [6.45, 7) is 4.36. The standard InChI is InChI=1S/C12H24O5/c1-4-5-6-16-11-8(2)17-9(7-13)12(15-3)10(11)14/h8-14H,4-7H2,1-3H3/t8-,9?,10-,11?,12-/m1/s1. The van der Waals surface area contributed by atoms with Crippen molar-refractivity contribution in [2.24, 2.45) is 0 Å². The number of rotatable bonds is 6. The molecule has 0 spiro atoms. The number of hydrogen-bond donors (Lipinski definition) is 2. The molecule has 1 aliphatic rings. The van der Waals surface area contributed by atoms with Crippen molar-refractivity contribution in [1.29, 1.82) is 0 Å². The van der Waals surface area contributed by atoms with Crippen LogP contribution in [0.25, 0.3) is 0 Å². The highest BCUT2D eigenvalue weighted by atomic mass is 16.6. The Balaban J connectivity index is 2.58. The normalized spacial score (nSPS) is 38.3. The Bertz CT molecular complexity index is 211. The molecule has 1 saturated heterocycles. The monoisotopic (exact) mass is 248 g/mol. The third kappa shape index (κ3) is 3.63. The number of unbranched alkanes of at least 4 members (excludes halogenated alkanes) is 1.